The fraction of sp³-hybridized carbons (Fsp3) is 0.524. The minimum absolute atomic E-state index is 0.194. The summed E-state index contributed by atoms with van der Waals surface area (Å²) in [5.41, 5.74) is 7.84. The van der Waals surface area contributed by atoms with Crippen LogP contribution in [0.5, 0.6) is 0 Å². The number of hydrazine groups is 1. The number of aryl methyl sites for hydroxylation is 1. The van der Waals surface area contributed by atoms with Gasteiger partial charge in [-0.05, 0) is 57.1 Å². The maximum atomic E-state index is 13.3. The summed E-state index contributed by atoms with van der Waals surface area (Å²) in [4.78, 5) is 2.49. The summed E-state index contributed by atoms with van der Waals surface area (Å²) in [5, 5.41) is 0. The average Bonchev–Trinajstić information content (AvgIpc) is 3.29. The SMILES string of the molecule is Cc1sc(C2CC(C)NN2)cc1S(=O)(=O)N1CCC(Cc2ccccc2)CC1. The Morgan fingerprint density at radius 3 is 2.50 bits per heavy atom. The first kappa shape index (κ1) is 20.0. The monoisotopic (exact) mass is 419 g/mol. The Balaban J connectivity index is 1.42. The summed E-state index contributed by atoms with van der Waals surface area (Å²) in [6, 6.07) is 13.0. The third-order valence-corrected chi connectivity index (χ3v) is 9.20. The molecule has 0 bridgehead atoms. The highest BCUT2D eigenvalue weighted by molar-refractivity contribution is 7.89. The average molecular weight is 420 g/mol. The van der Waals surface area contributed by atoms with Crippen LogP contribution in [0.2, 0.25) is 0 Å². The number of benzene rings is 1. The first-order chi connectivity index (χ1) is 13.4. The van der Waals surface area contributed by atoms with Crippen LogP contribution in [0.25, 0.3) is 0 Å². The van der Waals surface area contributed by atoms with Crippen molar-refractivity contribution in [2.45, 2.75) is 56.5 Å². The van der Waals surface area contributed by atoms with Crippen molar-refractivity contribution in [2.24, 2.45) is 5.92 Å². The number of piperidine rings is 1. The van der Waals surface area contributed by atoms with E-state index in [-0.39, 0.29) is 6.04 Å². The number of sulfonamides is 1. The van der Waals surface area contributed by atoms with Crippen molar-refractivity contribution in [1.29, 1.82) is 0 Å². The van der Waals surface area contributed by atoms with Gasteiger partial charge in [0, 0.05) is 28.9 Å². The molecule has 0 amide bonds. The molecule has 0 radical (unpaired) electrons. The predicted octanol–water partition coefficient (Wildman–Crippen LogP) is 3.63. The lowest BCUT2D eigenvalue weighted by Gasteiger charge is -2.31. The summed E-state index contributed by atoms with van der Waals surface area (Å²) in [5.74, 6) is 0.559. The molecule has 0 spiro atoms. The van der Waals surface area contributed by atoms with Gasteiger partial charge >= 0.3 is 0 Å². The zero-order valence-electron chi connectivity index (χ0n) is 16.5. The molecule has 2 saturated heterocycles. The molecule has 5 nitrogen and oxygen atoms in total. The highest BCUT2D eigenvalue weighted by atomic mass is 32.2. The standard InChI is InChI=1S/C21H29N3O2S2/c1-15-12-19(23-22-15)20-14-21(16(2)27-20)28(25,26)24-10-8-18(9-11-24)13-17-6-4-3-5-7-17/h3-7,14-15,18-19,22-23H,8-13H2,1-2H3. The maximum Gasteiger partial charge on any atom is 0.244 e. The summed E-state index contributed by atoms with van der Waals surface area (Å²) in [7, 11) is -3.42. The van der Waals surface area contributed by atoms with Crippen molar-refractivity contribution in [3.8, 4) is 0 Å². The lowest BCUT2D eigenvalue weighted by Crippen LogP contribution is -2.39. The Hall–Kier alpha value is -1.25. The molecule has 2 aliphatic heterocycles. The van der Waals surface area contributed by atoms with Crippen LogP contribution in [0.1, 0.15) is 47.5 Å². The third kappa shape index (κ3) is 4.19. The van der Waals surface area contributed by atoms with Gasteiger partial charge in [0.1, 0.15) is 0 Å². The van der Waals surface area contributed by atoms with Gasteiger partial charge in [-0.1, -0.05) is 30.3 Å². The fourth-order valence-electron chi connectivity index (χ4n) is 4.26. The highest BCUT2D eigenvalue weighted by Crippen LogP contribution is 2.35. The second-order valence-electron chi connectivity index (χ2n) is 8.08. The Bertz CT molecular complexity index is 903. The van der Waals surface area contributed by atoms with Gasteiger partial charge < -0.3 is 0 Å². The van der Waals surface area contributed by atoms with E-state index in [4.69, 9.17) is 0 Å². The molecule has 7 heteroatoms. The molecule has 152 valence electrons. The molecule has 0 saturated carbocycles. The van der Waals surface area contributed by atoms with Gasteiger partial charge in [0.15, 0.2) is 0 Å². The quantitative estimate of drug-likeness (QED) is 0.777. The normalized spacial score (nSPS) is 24.6. The minimum atomic E-state index is -3.42. The van der Waals surface area contributed by atoms with Crippen molar-refractivity contribution in [3.63, 3.8) is 0 Å². The van der Waals surface area contributed by atoms with Crippen LogP contribution < -0.4 is 10.9 Å². The van der Waals surface area contributed by atoms with Gasteiger partial charge in [-0.15, -0.1) is 11.3 Å². The number of thiophene rings is 1. The van der Waals surface area contributed by atoms with Gasteiger partial charge in [-0.3, -0.25) is 5.43 Å². The smallest absolute Gasteiger partial charge is 0.244 e. The fourth-order valence-corrected chi connectivity index (χ4v) is 7.37. The molecule has 28 heavy (non-hydrogen) atoms. The summed E-state index contributed by atoms with van der Waals surface area (Å²) in [6.07, 6.45) is 3.87. The zero-order chi connectivity index (χ0) is 19.7. The summed E-state index contributed by atoms with van der Waals surface area (Å²) in [6.45, 7) is 5.29. The van der Waals surface area contributed by atoms with Crippen LogP contribution in [0.4, 0.5) is 0 Å². The molecule has 2 unspecified atom stereocenters. The Kier molecular flexibility index (Phi) is 5.90. The van der Waals surface area contributed by atoms with E-state index in [0.717, 1.165) is 35.4 Å². The summed E-state index contributed by atoms with van der Waals surface area (Å²) >= 11 is 1.60. The molecule has 2 atom stereocenters. The van der Waals surface area contributed by atoms with Gasteiger partial charge in [0.25, 0.3) is 0 Å². The van der Waals surface area contributed by atoms with Gasteiger partial charge in [0.2, 0.25) is 10.0 Å². The molecule has 2 N–H and O–H groups in total. The highest BCUT2D eigenvalue weighted by Gasteiger charge is 2.33. The van der Waals surface area contributed by atoms with E-state index in [1.54, 1.807) is 15.6 Å². The first-order valence-corrected chi connectivity index (χ1v) is 12.3. The van der Waals surface area contributed by atoms with Crippen molar-refractivity contribution in [3.05, 3.63) is 51.7 Å². The molecule has 2 fully saturated rings. The van der Waals surface area contributed by atoms with Crippen LogP contribution >= 0.6 is 11.3 Å². The van der Waals surface area contributed by atoms with Crippen LogP contribution in [0.3, 0.4) is 0 Å². The molecule has 2 aliphatic rings. The van der Waals surface area contributed by atoms with E-state index in [1.807, 2.05) is 19.1 Å². The number of nitrogens with one attached hydrogen (secondary N) is 2. The molecule has 2 aromatic rings. The molecule has 1 aromatic heterocycles. The summed E-state index contributed by atoms with van der Waals surface area (Å²) < 4.78 is 28.2. The minimum Gasteiger partial charge on any atom is -0.254 e. The molecular weight excluding hydrogens is 390 g/mol. The Morgan fingerprint density at radius 1 is 1.14 bits per heavy atom. The Morgan fingerprint density at radius 2 is 1.86 bits per heavy atom. The third-order valence-electron chi connectivity index (χ3n) is 5.89. The first-order valence-electron chi connectivity index (χ1n) is 10.1. The van der Waals surface area contributed by atoms with Gasteiger partial charge in [-0.2, -0.15) is 4.31 Å². The van der Waals surface area contributed by atoms with E-state index >= 15 is 0 Å². The molecule has 1 aromatic carbocycles. The second kappa shape index (κ2) is 8.24. The number of hydrogen-bond acceptors (Lipinski definition) is 5. The van der Waals surface area contributed by atoms with Crippen molar-refractivity contribution >= 4 is 21.4 Å². The van der Waals surface area contributed by atoms with Crippen LogP contribution in [0, 0.1) is 12.8 Å². The molecule has 3 heterocycles. The number of hydrogen-bond donors (Lipinski definition) is 2. The van der Waals surface area contributed by atoms with Crippen molar-refractivity contribution in [2.75, 3.05) is 13.1 Å². The number of rotatable bonds is 5. The molecule has 4 rings (SSSR count). The van der Waals surface area contributed by atoms with Crippen LogP contribution in [-0.2, 0) is 16.4 Å². The lowest BCUT2D eigenvalue weighted by atomic mass is 9.91. The second-order valence-corrected chi connectivity index (χ2v) is 11.3. The van der Waals surface area contributed by atoms with Gasteiger partial charge in [0.05, 0.1) is 10.9 Å². The van der Waals surface area contributed by atoms with E-state index in [1.165, 1.54) is 5.56 Å². The van der Waals surface area contributed by atoms with Crippen molar-refractivity contribution < 1.29 is 8.42 Å². The number of nitrogens with zero attached hydrogens (tertiary/aromatic N) is 1. The van der Waals surface area contributed by atoms with E-state index in [9.17, 15) is 8.42 Å². The van der Waals surface area contributed by atoms with E-state index < -0.39 is 10.0 Å². The van der Waals surface area contributed by atoms with E-state index in [2.05, 4.69) is 42.0 Å². The topological polar surface area (TPSA) is 61.4 Å². The van der Waals surface area contributed by atoms with Crippen LogP contribution in [0.15, 0.2) is 41.3 Å². The Labute approximate surface area is 172 Å². The predicted molar refractivity (Wildman–Crippen MR) is 114 cm³/mol. The zero-order valence-corrected chi connectivity index (χ0v) is 18.2. The maximum absolute atomic E-state index is 13.3. The van der Waals surface area contributed by atoms with Crippen molar-refractivity contribution in [1.82, 2.24) is 15.2 Å². The van der Waals surface area contributed by atoms with Gasteiger partial charge in [-0.25, -0.2) is 13.8 Å². The van der Waals surface area contributed by atoms with Crippen LogP contribution in [-0.4, -0.2) is 31.9 Å². The molecule has 0 aliphatic carbocycles. The largest absolute Gasteiger partial charge is 0.254 e. The lowest BCUT2D eigenvalue weighted by molar-refractivity contribution is 0.273. The van der Waals surface area contributed by atoms with E-state index in [0.29, 0.717) is 29.9 Å². The molecular formula is C21H29N3O2S2.